The van der Waals surface area contributed by atoms with Crippen LogP contribution in [0, 0.1) is 5.92 Å². The van der Waals surface area contributed by atoms with Gasteiger partial charge in [0.05, 0.1) is 53.0 Å². The van der Waals surface area contributed by atoms with Gasteiger partial charge in [-0.3, -0.25) is 28.9 Å². The van der Waals surface area contributed by atoms with Crippen molar-refractivity contribution in [3.63, 3.8) is 0 Å². The summed E-state index contributed by atoms with van der Waals surface area (Å²) in [4.78, 5) is 47.6. The number of aliphatic hydroxyl groups is 2. The molecule has 11 rings (SSSR count). The van der Waals surface area contributed by atoms with Crippen molar-refractivity contribution in [1.29, 1.82) is 0 Å². The number of benzene rings is 7. The molecule has 2 N–H and O–H groups in total. The topological polar surface area (TPSA) is 132 Å². The molecule has 0 bridgehead atoms. The quantitative estimate of drug-likeness (QED) is 0.117. The number of nitrogens with zero attached hydrogens (tertiary/aromatic N) is 6. The van der Waals surface area contributed by atoms with Crippen molar-refractivity contribution in [3.8, 4) is 0 Å². The number of aliphatic hydroxyl groups excluding tert-OH is 1. The number of hydrogen-bond acceptors (Lipinski definition) is 7. The molecule has 0 saturated heterocycles. The molecule has 3 atom stereocenters. The Balaban J connectivity index is 0.888. The molecule has 3 aliphatic heterocycles. The predicted molar refractivity (Wildman–Crippen MR) is 247 cm³/mol. The summed E-state index contributed by atoms with van der Waals surface area (Å²) in [5, 5.41) is 35.4. The third-order valence-corrected chi connectivity index (χ3v) is 13.1. The second kappa shape index (κ2) is 15.3. The van der Waals surface area contributed by atoms with Crippen LogP contribution in [0.25, 0.3) is 21.5 Å². The summed E-state index contributed by atoms with van der Waals surface area (Å²) >= 11 is 0. The average molecular weight is 843 g/mol. The van der Waals surface area contributed by atoms with Gasteiger partial charge >= 0.3 is 0 Å². The second-order valence-corrected chi connectivity index (χ2v) is 16.7. The molecule has 0 fully saturated rings. The van der Waals surface area contributed by atoms with Crippen molar-refractivity contribution in [3.05, 3.63) is 197 Å². The number of allylic oxidation sites excluding steroid dienone is 1. The van der Waals surface area contributed by atoms with Gasteiger partial charge in [0, 0.05) is 46.4 Å². The Morgan fingerprint density at radius 1 is 0.688 bits per heavy atom. The van der Waals surface area contributed by atoms with E-state index in [1.807, 2.05) is 165 Å². The van der Waals surface area contributed by atoms with Crippen LogP contribution in [0.5, 0.6) is 0 Å². The summed E-state index contributed by atoms with van der Waals surface area (Å²) in [6.45, 7) is 2.38. The van der Waals surface area contributed by atoms with Crippen LogP contribution in [0.2, 0.25) is 0 Å². The number of aryl methyl sites for hydroxylation is 1. The minimum absolute atomic E-state index is 0.0913. The number of amides is 3. The number of carbonyl (C=O) groups excluding carboxylic acids is 3. The summed E-state index contributed by atoms with van der Waals surface area (Å²) in [6, 6.07) is 45.9. The van der Waals surface area contributed by atoms with Crippen LogP contribution in [0.15, 0.2) is 164 Å². The lowest BCUT2D eigenvalue weighted by Gasteiger charge is -2.28. The minimum atomic E-state index is -1.97. The number of carbonyl (C=O) groups is 3. The fourth-order valence-corrected chi connectivity index (χ4v) is 9.79. The van der Waals surface area contributed by atoms with Crippen LogP contribution in [-0.2, 0) is 23.5 Å². The number of anilines is 5. The van der Waals surface area contributed by atoms with Crippen LogP contribution < -0.4 is 14.7 Å². The first-order chi connectivity index (χ1) is 31.2. The second-order valence-electron chi connectivity index (χ2n) is 16.7. The van der Waals surface area contributed by atoms with Gasteiger partial charge in [-0.2, -0.15) is 0 Å². The molecule has 0 radical (unpaired) electrons. The molecule has 1 unspecified atom stereocenters. The van der Waals surface area contributed by atoms with Gasteiger partial charge < -0.3 is 15.1 Å². The van der Waals surface area contributed by atoms with E-state index in [0.29, 0.717) is 52.4 Å². The first-order valence-corrected chi connectivity index (χ1v) is 21.5. The van der Waals surface area contributed by atoms with E-state index in [9.17, 15) is 24.6 Å². The van der Waals surface area contributed by atoms with E-state index in [1.54, 1.807) is 25.4 Å². The van der Waals surface area contributed by atoms with Crippen molar-refractivity contribution in [1.82, 2.24) is 15.0 Å². The normalized spacial score (nSPS) is 17.4. The van der Waals surface area contributed by atoms with Gasteiger partial charge in [-0.15, -0.1) is 5.10 Å². The highest BCUT2D eigenvalue weighted by atomic mass is 16.3. The van der Waals surface area contributed by atoms with E-state index in [1.165, 1.54) is 0 Å². The molecule has 1 aromatic heterocycles. The van der Waals surface area contributed by atoms with E-state index in [2.05, 4.69) is 10.3 Å². The number of aromatic nitrogens is 3. The maximum absolute atomic E-state index is 14.8. The van der Waals surface area contributed by atoms with Gasteiger partial charge in [-0.05, 0) is 82.9 Å². The summed E-state index contributed by atoms with van der Waals surface area (Å²) in [6.07, 6.45) is 6.16. The minimum Gasteiger partial charge on any atom is -0.395 e. The predicted octanol–water partition coefficient (Wildman–Crippen LogP) is 9.31. The van der Waals surface area contributed by atoms with E-state index < -0.39 is 17.4 Å². The van der Waals surface area contributed by atoms with E-state index >= 15 is 0 Å². The zero-order chi connectivity index (χ0) is 43.7. The number of hydrogen-bond donors (Lipinski definition) is 2. The van der Waals surface area contributed by atoms with Crippen molar-refractivity contribution >= 4 is 67.7 Å². The monoisotopic (exact) mass is 842 g/mol. The Labute approximate surface area is 368 Å². The number of fused-ring (bicyclic) bond motifs is 1. The molecular weight excluding hydrogens is 801 g/mol. The molecule has 0 saturated carbocycles. The lowest BCUT2D eigenvalue weighted by atomic mass is 9.82. The van der Waals surface area contributed by atoms with E-state index in [0.717, 1.165) is 44.0 Å². The Kier molecular flexibility index (Phi) is 9.33. The Bertz CT molecular complexity index is 3210. The van der Waals surface area contributed by atoms with E-state index in [4.69, 9.17) is 0 Å². The fourth-order valence-electron chi connectivity index (χ4n) is 9.79. The maximum Gasteiger partial charge on any atom is 0.264 e. The Hall–Kier alpha value is -7.73. The van der Waals surface area contributed by atoms with E-state index in [-0.39, 0.29) is 30.9 Å². The third kappa shape index (κ3) is 6.07. The molecule has 4 heterocycles. The van der Waals surface area contributed by atoms with Crippen LogP contribution in [0.4, 0.5) is 28.4 Å². The Morgan fingerprint density at radius 2 is 1.30 bits per heavy atom. The van der Waals surface area contributed by atoms with Crippen LogP contribution in [0.3, 0.4) is 0 Å². The Morgan fingerprint density at radius 3 is 1.94 bits per heavy atom. The van der Waals surface area contributed by atoms with Crippen molar-refractivity contribution < 1.29 is 24.6 Å². The molecular formula is C53H42N6O5. The highest BCUT2D eigenvalue weighted by Crippen LogP contribution is 2.50. The zero-order valence-electron chi connectivity index (χ0n) is 34.9. The van der Waals surface area contributed by atoms with Gasteiger partial charge in [-0.1, -0.05) is 115 Å². The zero-order valence-corrected chi connectivity index (χ0v) is 34.9. The maximum atomic E-state index is 14.8. The summed E-state index contributed by atoms with van der Waals surface area (Å²) in [7, 11) is 0. The van der Waals surface area contributed by atoms with Crippen molar-refractivity contribution in [2.24, 2.45) is 5.92 Å². The summed E-state index contributed by atoms with van der Waals surface area (Å²) < 4.78 is 1.73. The molecule has 314 valence electrons. The van der Waals surface area contributed by atoms with Crippen molar-refractivity contribution in [2.45, 2.75) is 38.0 Å². The first-order valence-electron chi connectivity index (χ1n) is 21.5. The third-order valence-electron chi connectivity index (χ3n) is 13.1. The SMILES string of the molecule is C[C@@H](/C=C/CCn1cc(C(CO)c2ccccc2)nn1)[C@]1(O)C(=O)N(Cc2ccc(N3C(=O)c4cccc5cccc3c45)cc2)c2ccc(N3C(=O)c4cccc5cccc3c45)cc21. The molecule has 0 spiro atoms. The van der Waals surface area contributed by atoms with Gasteiger partial charge in [0.25, 0.3) is 17.7 Å². The summed E-state index contributed by atoms with van der Waals surface area (Å²) in [5.41, 5.74) is 5.51. The van der Waals surface area contributed by atoms with Gasteiger partial charge in [0.2, 0.25) is 0 Å². The highest BCUT2D eigenvalue weighted by Gasteiger charge is 2.53. The molecule has 3 amide bonds. The molecule has 11 heteroatoms. The molecule has 0 aliphatic carbocycles. The number of rotatable bonds is 12. The lowest BCUT2D eigenvalue weighted by Crippen LogP contribution is -2.44. The molecule has 8 aromatic rings. The van der Waals surface area contributed by atoms with Gasteiger partial charge in [0.15, 0.2) is 5.60 Å². The molecule has 3 aliphatic rings. The molecule has 11 nitrogen and oxygen atoms in total. The molecule has 64 heavy (non-hydrogen) atoms. The summed E-state index contributed by atoms with van der Waals surface area (Å²) in [5.74, 6) is -1.71. The van der Waals surface area contributed by atoms with Crippen LogP contribution in [-0.4, -0.2) is 49.5 Å². The highest BCUT2D eigenvalue weighted by molar-refractivity contribution is 6.29. The largest absolute Gasteiger partial charge is 0.395 e. The smallest absolute Gasteiger partial charge is 0.264 e. The lowest BCUT2D eigenvalue weighted by molar-refractivity contribution is -0.139. The molecule has 7 aromatic carbocycles. The fraction of sp³-hybridized carbons (Fsp3) is 0.151. The van der Waals surface area contributed by atoms with Gasteiger partial charge in [0.1, 0.15) is 0 Å². The first kappa shape index (κ1) is 39.1. The standard InChI is InChI=1S/C53H42N6O5/c1-33(11-5-6-28-56-31-44(54-55-56)42(32-60)35-12-3-2-4-13-35)53(64)43-29-39(59-47-21-10-17-37-15-8-19-41(49(37)47)51(59)62)26-27-45(43)57(52(53)63)30-34-22-24-38(25-23-34)58-46-20-9-16-36-14-7-18-40(48(36)46)50(58)61/h2-5,7-27,29,31,33,42,60,64H,6,28,30,32H2,1H3/b11-5+/t33-,42?,53+/m0/s1. The van der Waals surface area contributed by atoms with Gasteiger partial charge in [-0.25, -0.2) is 0 Å². The average Bonchev–Trinajstić information content (AvgIpc) is 4.05. The van der Waals surface area contributed by atoms with Crippen molar-refractivity contribution in [2.75, 3.05) is 21.3 Å². The van der Waals surface area contributed by atoms with Crippen LogP contribution in [0.1, 0.15) is 62.4 Å². The van der Waals surface area contributed by atoms with Crippen LogP contribution >= 0.6 is 0 Å².